The van der Waals surface area contributed by atoms with E-state index in [2.05, 4.69) is 27.0 Å². The van der Waals surface area contributed by atoms with Gasteiger partial charge in [0.05, 0.1) is 0 Å². The summed E-state index contributed by atoms with van der Waals surface area (Å²) in [5.74, 6) is 0. The van der Waals surface area contributed by atoms with Gasteiger partial charge in [0.15, 0.2) is 0 Å². The van der Waals surface area contributed by atoms with E-state index >= 15 is 0 Å². The van der Waals surface area contributed by atoms with Gasteiger partial charge in [-0.3, -0.25) is 0 Å². The minimum Gasteiger partial charge on any atom is -0.103 e. The first kappa shape index (κ1) is 13.1. The van der Waals surface area contributed by atoms with Gasteiger partial charge in [0.25, 0.3) is 0 Å². The van der Waals surface area contributed by atoms with Gasteiger partial charge in [-0.05, 0) is 19.8 Å². The van der Waals surface area contributed by atoms with Crippen LogP contribution in [0.5, 0.6) is 0 Å². The molecule has 0 nitrogen and oxygen atoms in total. The molecule has 0 radical (unpaired) electrons. The second kappa shape index (κ2) is 12.2. The van der Waals surface area contributed by atoms with Gasteiger partial charge in [-0.15, -0.1) is 13.2 Å². The molecule has 0 aromatic rings. The van der Waals surface area contributed by atoms with Crippen molar-refractivity contribution in [2.75, 3.05) is 0 Å². The van der Waals surface area contributed by atoms with Crippen LogP contribution < -0.4 is 0 Å². The third-order valence-corrected chi connectivity index (χ3v) is 1.37. The molecule has 0 aliphatic rings. The standard InChI is InChI=1S/C6H12.C5H10/c1-3-5-6-4-2;1-4-5(2)3/h3H,1,4-6H2,2H3;2,4H2,1,3H3. The van der Waals surface area contributed by atoms with Crippen LogP contribution in [-0.4, -0.2) is 0 Å². The zero-order chi connectivity index (χ0) is 9.11. The lowest BCUT2D eigenvalue weighted by molar-refractivity contribution is 0.816. The van der Waals surface area contributed by atoms with E-state index in [-0.39, 0.29) is 0 Å². The van der Waals surface area contributed by atoms with Gasteiger partial charge in [0.2, 0.25) is 0 Å². The maximum absolute atomic E-state index is 3.67. The highest BCUT2D eigenvalue weighted by Gasteiger charge is 1.71. The summed E-state index contributed by atoms with van der Waals surface area (Å²) in [6.07, 6.45) is 6.83. The first-order chi connectivity index (χ1) is 5.18. The molecule has 0 rings (SSSR count). The summed E-state index contributed by atoms with van der Waals surface area (Å²) in [5.41, 5.74) is 1.25. The molecule has 0 N–H and O–H groups in total. The second-order valence-corrected chi connectivity index (χ2v) is 2.74. The Morgan fingerprint density at radius 1 is 1.36 bits per heavy atom. The lowest BCUT2D eigenvalue weighted by Crippen LogP contribution is -1.61. The molecule has 0 aromatic heterocycles. The van der Waals surface area contributed by atoms with E-state index in [4.69, 9.17) is 0 Å². The summed E-state index contributed by atoms with van der Waals surface area (Å²) in [7, 11) is 0. The van der Waals surface area contributed by atoms with Crippen molar-refractivity contribution < 1.29 is 0 Å². The molecule has 0 unspecified atom stereocenters. The van der Waals surface area contributed by atoms with E-state index in [1.54, 1.807) is 0 Å². The highest BCUT2D eigenvalue weighted by atomic mass is 13.8. The van der Waals surface area contributed by atoms with E-state index in [0.717, 1.165) is 6.42 Å². The van der Waals surface area contributed by atoms with Crippen molar-refractivity contribution in [1.82, 2.24) is 0 Å². The topological polar surface area (TPSA) is 0 Å². The van der Waals surface area contributed by atoms with Crippen LogP contribution in [0.25, 0.3) is 0 Å². The highest BCUT2D eigenvalue weighted by molar-refractivity contribution is 4.84. The normalized spacial score (nSPS) is 7.91. The van der Waals surface area contributed by atoms with Gasteiger partial charge in [-0.25, -0.2) is 0 Å². The van der Waals surface area contributed by atoms with Gasteiger partial charge >= 0.3 is 0 Å². The summed E-state index contributed by atoms with van der Waals surface area (Å²) in [6, 6.07) is 0. The average Bonchev–Trinajstić information content (AvgIpc) is 2.02. The quantitative estimate of drug-likeness (QED) is 0.417. The van der Waals surface area contributed by atoms with Crippen molar-refractivity contribution in [3.8, 4) is 0 Å². The predicted molar refractivity (Wildman–Crippen MR) is 54.8 cm³/mol. The number of hydrogen-bond acceptors (Lipinski definition) is 0. The maximum atomic E-state index is 3.67. The molecular weight excluding hydrogens is 132 g/mol. The fourth-order valence-corrected chi connectivity index (χ4v) is 0.348. The van der Waals surface area contributed by atoms with Crippen molar-refractivity contribution in [1.29, 1.82) is 0 Å². The van der Waals surface area contributed by atoms with Crippen LogP contribution in [0.3, 0.4) is 0 Å². The van der Waals surface area contributed by atoms with Gasteiger partial charge in [0.1, 0.15) is 0 Å². The van der Waals surface area contributed by atoms with E-state index in [1.165, 1.54) is 24.8 Å². The highest BCUT2D eigenvalue weighted by Crippen LogP contribution is 1.91. The number of unbranched alkanes of at least 4 members (excludes halogenated alkanes) is 2. The summed E-state index contributed by atoms with van der Waals surface area (Å²) in [5, 5.41) is 0. The van der Waals surface area contributed by atoms with Crippen LogP contribution in [0.15, 0.2) is 24.8 Å². The second-order valence-electron chi connectivity index (χ2n) is 2.74. The average molecular weight is 154 g/mol. The van der Waals surface area contributed by atoms with Crippen LogP contribution in [0.1, 0.15) is 46.5 Å². The molecular formula is C11H22. The molecule has 0 aromatic carbocycles. The Morgan fingerprint density at radius 2 is 1.82 bits per heavy atom. The van der Waals surface area contributed by atoms with Crippen molar-refractivity contribution in [2.45, 2.75) is 46.5 Å². The Hall–Kier alpha value is -0.520. The fourth-order valence-electron chi connectivity index (χ4n) is 0.348. The summed E-state index contributed by atoms with van der Waals surface area (Å²) < 4.78 is 0. The molecule has 0 saturated carbocycles. The Bertz CT molecular complexity index is 90.2. The van der Waals surface area contributed by atoms with E-state index < -0.39 is 0 Å². The molecule has 0 heterocycles. The number of hydrogen-bond donors (Lipinski definition) is 0. The largest absolute Gasteiger partial charge is 0.103 e. The smallest absolute Gasteiger partial charge is 0.0354 e. The van der Waals surface area contributed by atoms with E-state index in [0.29, 0.717) is 0 Å². The van der Waals surface area contributed by atoms with Crippen molar-refractivity contribution in [2.24, 2.45) is 0 Å². The fraction of sp³-hybridized carbons (Fsp3) is 0.636. The van der Waals surface area contributed by atoms with Crippen LogP contribution in [-0.2, 0) is 0 Å². The van der Waals surface area contributed by atoms with E-state index in [1.807, 2.05) is 13.0 Å². The molecule has 0 spiro atoms. The minimum atomic E-state index is 1.11. The molecule has 66 valence electrons. The molecule has 0 fully saturated rings. The lowest BCUT2D eigenvalue weighted by Gasteiger charge is -1.81. The van der Waals surface area contributed by atoms with Crippen molar-refractivity contribution >= 4 is 0 Å². The molecule has 0 aliphatic carbocycles. The summed E-state index contributed by atoms with van der Waals surface area (Å²) >= 11 is 0. The molecule has 11 heavy (non-hydrogen) atoms. The third-order valence-electron chi connectivity index (χ3n) is 1.37. The van der Waals surface area contributed by atoms with Gasteiger partial charge < -0.3 is 0 Å². The lowest BCUT2D eigenvalue weighted by atomic mass is 10.3. The minimum absolute atomic E-state index is 1.11. The van der Waals surface area contributed by atoms with Gasteiger partial charge in [0, 0.05) is 0 Å². The van der Waals surface area contributed by atoms with Crippen molar-refractivity contribution in [3.63, 3.8) is 0 Å². The molecule has 0 bridgehead atoms. The Morgan fingerprint density at radius 3 is 1.91 bits per heavy atom. The molecule has 0 heteroatoms. The zero-order valence-corrected chi connectivity index (χ0v) is 8.32. The van der Waals surface area contributed by atoms with Crippen LogP contribution in [0.4, 0.5) is 0 Å². The van der Waals surface area contributed by atoms with Crippen molar-refractivity contribution in [3.05, 3.63) is 24.8 Å². The monoisotopic (exact) mass is 154 g/mol. The Kier molecular flexibility index (Phi) is 14.5. The van der Waals surface area contributed by atoms with E-state index in [9.17, 15) is 0 Å². The summed E-state index contributed by atoms with van der Waals surface area (Å²) in [4.78, 5) is 0. The first-order valence-electron chi connectivity index (χ1n) is 4.44. The summed E-state index contributed by atoms with van der Waals surface area (Å²) in [6.45, 7) is 13.6. The zero-order valence-electron chi connectivity index (χ0n) is 8.32. The van der Waals surface area contributed by atoms with Gasteiger partial charge in [-0.2, -0.15) is 0 Å². The van der Waals surface area contributed by atoms with Crippen LogP contribution in [0, 0.1) is 0 Å². The number of rotatable bonds is 4. The first-order valence-corrected chi connectivity index (χ1v) is 4.44. The van der Waals surface area contributed by atoms with Gasteiger partial charge in [-0.1, -0.05) is 38.3 Å². The molecule has 0 amide bonds. The third kappa shape index (κ3) is 26.4. The Labute approximate surface area is 72.0 Å². The number of allylic oxidation sites excluding steroid dienone is 2. The van der Waals surface area contributed by atoms with Crippen LogP contribution in [0.2, 0.25) is 0 Å². The molecule has 0 aliphatic heterocycles. The maximum Gasteiger partial charge on any atom is -0.0354 e. The Balaban J connectivity index is 0. The molecule has 0 saturated heterocycles. The molecule has 0 atom stereocenters. The van der Waals surface area contributed by atoms with Crippen LogP contribution >= 0.6 is 0 Å². The SMILES string of the molecule is C=C(C)CC.C=CCCCC. The predicted octanol–water partition coefficient (Wildman–Crippen LogP) is 4.34.